The minimum Gasteiger partial charge on any atom is -0.381 e. The van der Waals surface area contributed by atoms with Gasteiger partial charge >= 0.3 is 0 Å². The van der Waals surface area contributed by atoms with Gasteiger partial charge in [-0.3, -0.25) is 4.79 Å². The average molecular weight is 401 g/mol. The van der Waals surface area contributed by atoms with Gasteiger partial charge in [0, 0.05) is 16.8 Å². The first-order chi connectivity index (χ1) is 10.1. The summed E-state index contributed by atoms with van der Waals surface area (Å²) in [5.41, 5.74) is 1.22. The van der Waals surface area contributed by atoms with Gasteiger partial charge in [-0.05, 0) is 85.4 Å². The highest BCUT2D eigenvalue weighted by Gasteiger charge is 2.17. The van der Waals surface area contributed by atoms with Crippen molar-refractivity contribution in [1.29, 1.82) is 0 Å². The lowest BCUT2D eigenvalue weighted by molar-refractivity contribution is -0.119. The number of hydrogen-bond donors (Lipinski definition) is 1. The van der Waals surface area contributed by atoms with Crippen molar-refractivity contribution in [2.75, 3.05) is 19.8 Å². The van der Waals surface area contributed by atoms with Gasteiger partial charge in [0.15, 0.2) is 0 Å². The standard InChI is InChI=1S/C17H24INO2/c1-13(20)17(12-15-2-4-16(18)5-3-15)19-9-6-14-7-10-21-11-8-14/h2-5,14,17,19H,6-12H2,1H3/t17-/m1/s1. The third-order valence-corrected chi connectivity index (χ3v) is 4.85. The van der Waals surface area contributed by atoms with Gasteiger partial charge in [-0.15, -0.1) is 0 Å². The molecule has 0 spiro atoms. The van der Waals surface area contributed by atoms with Crippen molar-refractivity contribution in [3.63, 3.8) is 0 Å². The van der Waals surface area contributed by atoms with E-state index in [1.807, 2.05) is 0 Å². The zero-order chi connectivity index (χ0) is 15.1. The van der Waals surface area contributed by atoms with E-state index in [0.29, 0.717) is 0 Å². The molecule has 1 saturated heterocycles. The molecule has 0 radical (unpaired) electrons. The van der Waals surface area contributed by atoms with E-state index in [9.17, 15) is 4.79 Å². The summed E-state index contributed by atoms with van der Waals surface area (Å²) in [6.45, 7) is 4.38. The highest BCUT2D eigenvalue weighted by Crippen LogP contribution is 2.17. The highest BCUT2D eigenvalue weighted by molar-refractivity contribution is 14.1. The Kier molecular flexibility index (Phi) is 7.13. The molecular formula is C17H24INO2. The largest absolute Gasteiger partial charge is 0.381 e. The van der Waals surface area contributed by atoms with Crippen molar-refractivity contribution in [3.8, 4) is 0 Å². The van der Waals surface area contributed by atoms with Crippen molar-refractivity contribution in [2.24, 2.45) is 5.92 Å². The lowest BCUT2D eigenvalue weighted by Crippen LogP contribution is -2.38. The Labute approximate surface area is 141 Å². The molecule has 1 aliphatic heterocycles. The van der Waals surface area contributed by atoms with Crippen molar-refractivity contribution in [1.82, 2.24) is 5.32 Å². The number of carbonyl (C=O) groups is 1. The fourth-order valence-corrected chi connectivity index (χ4v) is 3.07. The molecular weight excluding hydrogens is 377 g/mol. The van der Waals surface area contributed by atoms with Crippen LogP contribution in [-0.2, 0) is 16.0 Å². The number of halogens is 1. The van der Waals surface area contributed by atoms with E-state index in [1.54, 1.807) is 6.92 Å². The molecule has 21 heavy (non-hydrogen) atoms. The first-order valence-corrected chi connectivity index (χ1v) is 8.79. The number of benzene rings is 1. The van der Waals surface area contributed by atoms with E-state index in [-0.39, 0.29) is 11.8 Å². The summed E-state index contributed by atoms with van der Waals surface area (Å²) in [4.78, 5) is 11.8. The van der Waals surface area contributed by atoms with E-state index in [1.165, 1.54) is 9.13 Å². The number of Topliss-reactive ketones (excluding diaryl/α,β-unsaturated/α-hetero) is 1. The minimum absolute atomic E-state index is 0.0649. The van der Waals surface area contributed by atoms with Gasteiger partial charge in [-0.1, -0.05) is 12.1 Å². The van der Waals surface area contributed by atoms with Gasteiger partial charge in [0.1, 0.15) is 5.78 Å². The number of nitrogens with one attached hydrogen (secondary N) is 1. The molecule has 0 bridgehead atoms. The maximum atomic E-state index is 11.8. The average Bonchev–Trinajstić information content (AvgIpc) is 2.49. The molecule has 1 atom stereocenters. The molecule has 1 fully saturated rings. The lowest BCUT2D eigenvalue weighted by Gasteiger charge is -2.23. The summed E-state index contributed by atoms with van der Waals surface area (Å²) in [7, 11) is 0. The third-order valence-electron chi connectivity index (χ3n) is 4.13. The number of hydrogen-bond acceptors (Lipinski definition) is 3. The minimum atomic E-state index is -0.0649. The molecule has 0 aliphatic carbocycles. The molecule has 2 rings (SSSR count). The van der Waals surface area contributed by atoms with Crippen LogP contribution in [0.1, 0.15) is 31.7 Å². The predicted molar refractivity (Wildman–Crippen MR) is 93.5 cm³/mol. The Bertz CT molecular complexity index is 441. The number of rotatable bonds is 7. The van der Waals surface area contributed by atoms with E-state index in [2.05, 4.69) is 52.2 Å². The fraction of sp³-hybridized carbons (Fsp3) is 0.588. The first kappa shape index (κ1) is 16.9. The Morgan fingerprint density at radius 1 is 1.33 bits per heavy atom. The second-order valence-corrected chi connectivity index (χ2v) is 7.04. The van der Waals surface area contributed by atoms with Crippen LogP contribution in [0.15, 0.2) is 24.3 Å². The molecule has 1 aliphatic rings. The smallest absolute Gasteiger partial charge is 0.147 e. The molecule has 0 aromatic heterocycles. The quantitative estimate of drug-likeness (QED) is 0.714. The van der Waals surface area contributed by atoms with Crippen LogP contribution in [0, 0.1) is 9.49 Å². The monoisotopic (exact) mass is 401 g/mol. The molecule has 4 heteroatoms. The van der Waals surface area contributed by atoms with Gasteiger partial charge in [-0.2, -0.15) is 0 Å². The Morgan fingerprint density at radius 3 is 2.62 bits per heavy atom. The summed E-state index contributed by atoms with van der Waals surface area (Å²) in [5, 5.41) is 3.44. The summed E-state index contributed by atoms with van der Waals surface area (Å²) in [6, 6.07) is 8.34. The van der Waals surface area contributed by atoms with Crippen LogP contribution in [0.3, 0.4) is 0 Å². The van der Waals surface area contributed by atoms with Crippen LogP contribution in [0.4, 0.5) is 0 Å². The second kappa shape index (κ2) is 8.86. The zero-order valence-corrected chi connectivity index (χ0v) is 14.8. The van der Waals surface area contributed by atoms with Gasteiger partial charge in [0.2, 0.25) is 0 Å². The molecule has 0 saturated carbocycles. The highest BCUT2D eigenvalue weighted by atomic mass is 127. The van der Waals surface area contributed by atoms with Crippen molar-refractivity contribution >= 4 is 28.4 Å². The van der Waals surface area contributed by atoms with E-state index in [4.69, 9.17) is 4.74 Å². The van der Waals surface area contributed by atoms with Crippen molar-refractivity contribution in [2.45, 2.75) is 38.6 Å². The van der Waals surface area contributed by atoms with Gasteiger partial charge in [-0.25, -0.2) is 0 Å². The second-order valence-electron chi connectivity index (χ2n) is 5.79. The molecule has 3 nitrogen and oxygen atoms in total. The molecule has 1 heterocycles. The summed E-state index contributed by atoms with van der Waals surface area (Å²) in [6.07, 6.45) is 4.23. The maximum Gasteiger partial charge on any atom is 0.147 e. The number of ether oxygens (including phenoxy) is 1. The normalized spacial score (nSPS) is 17.6. The predicted octanol–water partition coefficient (Wildman–Crippen LogP) is 3.20. The third kappa shape index (κ3) is 6.04. The zero-order valence-electron chi connectivity index (χ0n) is 12.6. The first-order valence-electron chi connectivity index (χ1n) is 7.71. The van der Waals surface area contributed by atoms with Crippen LogP contribution in [0.5, 0.6) is 0 Å². The van der Waals surface area contributed by atoms with E-state index >= 15 is 0 Å². The van der Waals surface area contributed by atoms with Gasteiger partial charge in [0.25, 0.3) is 0 Å². The molecule has 116 valence electrons. The van der Waals surface area contributed by atoms with Crippen molar-refractivity contribution < 1.29 is 9.53 Å². The van der Waals surface area contributed by atoms with Crippen molar-refractivity contribution in [3.05, 3.63) is 33.4 Å². The lowest BCUT2D eigenvalue weighted by atomic mass is 9.96. The van der Waals surface area contributed by atoms with Crippen LogP contribution in [0.2, 0.25) is 0 Å². The summed E-state index contributed by atoms with van der Waals surface area (Å²) < 4.78 is 6.60. The molecule has 1 N–H and O–H groups in total. The van der Waals surface area contributed by atoms with Crippen LogP contribution >= 0.6 is 22.6 Å². The van der Waals surface area contributed by atoms with Gasteiger partial charge < -0.3 is 10.1 Å². The SMILES string of the molecule is CC(=O)[C@@H](Cc1ccc(I)cc1)NCCC1CCOCC1. The Morgan fingerprint density at radius 2 is 2.00 bits per heavy atom. The van der Waals surface area contributed by atoms with E-state index in [0.717, 1.165) is 51.4 Å². The summed E-state index contributed by atoms with van der Waals surface area (Å²) >= 11 is 2.30. The fourth-order valence-electron chi connectivity index (χ4n) is 2.71. The topological polar surface area (TPSA) is 38.3 Å². The van der Waals surface area contributed by atoms with Crippen LogP contribution in [-0.4, -0.2) is 31.6 Å². The summed E-state index contributed by atoms with van der Waals surface area (Å²) in [5.74, 6) is 0.970. The molecule has 0 unspecified atom stereocenters. The van der Waals surface area contributed by atoms with E-state index < -0.39 is 0 Å². The van der Waals surface area contributed by atoms with Crippen LogP contribution < -0.4 is 5.32 Å². The Balaban J connectivity index is 1.78. The molecule has 1 aromatic rings. The number of ketones is 1. The maximum absolute atomic E-state index is 11.8. The van der Waals surface area contributed by atoms with Crippen LogP contribution in [0.25, 0.3) is 0 Å². The van der Waals surface area contributed by atoms with Gasteiger partial charge in [0.05, 0.1) is 6.04 Å². The number of carbonyl (C=O) groups excluding carboxylic acids is 1. The molecule has 1 aromatic carbocycles. The Hall–Kier alpha value is -0.460. The molecule has 0 amide bonds.